The number of carbonyl (C=O) groups is 2. The van der Waals surface area contributed by atoms with E-state index in [4.69, 9.17) is 9.47 Å². The highest BCUT2D eigenvalue weighted by Crippen LogP contribution is 2.22. The molecule has 0 radical (unpaired) electrons. The van der Waals surface area contributed by atoms with Crippen LogP contribution in [-0.4, -0.2) is 74.7 Å². The highest BCUT2D eigenvalue weighted by Gasteiger charge is 2.28. The van der Waals surface area contributed by atoms with Gasteiger partial charge in [0.1, 0.15) is 11.8 Å². The Morgan fingerprint density at radius 2 is 1.79 bits per heavy atom. The summed E-state index contributed by atoms with van der Waals surface area (Å²) < 4.78 is 10.3. The van der Waals surface area contributed by atoms with Crippen LogP contribution in [0.15, 0.2) is 18.2 Å². The molecule has 1 fully saturated rings. The second-order valence-electron chi connectivity index (χ2n) is 7.82. The third-order valence-electron chi connectivity index (χ3n) is 5.65. The van der Waals surface area contributed by atoms with E-state index >= 15 is 0 Å². The Labute approximate surface area is 174 Å². The number of hydrogen-bond donors (Lipinski definition) is 1. The van der Waals surface area contributed by atoms with Crippen molar-refractivity contribution in [2.24, 2.45) is 5.92 Å². The van der Waals surface area contributed by atoms with E-state index in [1.807, 2.05) is 19.9 Å². The fourth-order valence-corrected chi connectivity index (χ4v) is 3.60. The quantitative estimate of drug-likeness (QED) is 0.632. The van der Waals surface area contributed by atoms with Gasteiger partial charge in [-0.15, -0.1) is 0 Å². The number of nitrogens with one attached hydrogen (secondary N) is 1. The molecular weight excluding hydrogens is 370 g/mol. The molecule has 1 amide bonds. The molecule has 1 aliphatic rings. The third kappa shape index (κ3) is 6.72. The number of amides is 1. The molecule has 7 heteroatoms. The maximum absolute atomic E-state index is 12.5. The van der Waals surface area contributed by atoms with Crippen molar-refractivity contribution in [1.82, 2.24) is 15.1 Å². The zero-order valence-corrected chi connectivity index (χ0v) is 18.4. The zero-order valence-electron chi connectivity index (χ0n) is 18.4. The summed E-state index contributed by atoms with van der Waals surface area (Å²) in [7, 11) is 3.05. The largest absolute Gasteiger partial charge is 0.496 e. The molecule has 0 aliphatic carbocycles. The predicted octanol–water partition coefficient (Wildman–Crippen LogP) is 1.83. The molecule has 1 aliphatic heterocycles. The molecule has 162 valence electrons. The fraction of sp³-hybridized carbons (Fsp3) is 0.636. The van der Waals surface area contributed by atoms with Crippen LogP contribution in [0.25, 0.3) is 0 Å². The normalized spacial score (nSPS) is 17.4. The van der Waals surface area contributed by atoms with Gasteiger partial charge in [0.25, 0.3) is 0 Å². The molecule has 0 unspecified atom stereocenters. The highest BCUT2D eigenvalue weighted by molar-refractivity contribution is 5.85. The number of piperazine rings is 1. The Hall–Kier alpha value is -2.12. The van der Waals surface area contributed by atoms with Gasteiger partial charge in [0.05, 0.1) is 20.8 Å². The van der Waals surface area contributed by atoms with Crippen molar-refractivity contribution in [3.63, 3.8) is 0 Å². The average Bonchev–Trinajstić information content (AvgIpc) is 2.72. The molecule has 7 nitrogen and oxygen atoms in total. The lowest BCUT2D eigenvalue weighted by molar-refractivity contribution is -0.146. The average molecular weight is 406 g/mol. The summed E-state index contributed by atoms with van der Waals surface area (Å²) >= 11 is 0. The van der Waals surface area contributed by atoms with Crippen molar-refractivity contribution in [1.29, 1.82) is 0 Å². The lowest BCUT2D eigenvalue weighted by atomic mass is 9.99. The minimum absolute atomic E-state index is 0.0348. The van der Waals surface area contributed by atoms with Gasteiger partial charge in [-0.1, -0.05) is 38.0 Å². The maximum atomic E-state index is 12.5. The molecule has 2 atom stereocenters. The molecule has 2 rings (SSSR count). The first kappa shape index (κ1) is 23.2. The Kier molecular flexibility index (Phi) is 8.92. The van der Waals surface area contributed by atoms with Crippen LogP contribution >= 0.6 is 0 Å². The Balaban J connectivity index is 1.84. The van der Waals surface area contributed by atoms with Crippen molar-refractivity contribution in [3.8, 4) is 5.75 Å². The SMILES string of the molecule is CC[C@H](C)[C@H](NC(=O)CN1CCN(Cc2cc(C)ccc2OC)CC1)C(=O)OC. The number of nitrogens with zero attached hydrogens (tertiary/aromatic N) is 2. The molecule has 0 aromatic heterocycles. The second kappa shape index (κ2) is 11.2. The summed E-state index contributed by atoms with van der Waals surface area (Å²) in [6, 6.07) is 5.65. The maximum Gasteiger partial charge on any atom is 0.328 e. The van der Waals surface area contributed by atoms with Crippen LogP contribution in [0.1, 0.15) is 31.4 Å². The molecular formula is C22H35N3O4. The van der Waals surface area contributed by atoms with Crippen molar-refractivity contribution in [2.75, 3.05) is 46.9 Å². The molecule has 1 aromatic rings. The van der Waals surface area contributed by atoms with Gasteiger partial charge in [-0.25, -0.2) is 4.79 Å². The van der Waals surface area contributed by atoms with Crippen LogP contribution in [0.5, 0.6) is 5.75 Å². The Bertz CT molecular complexity index is 687. The molecule has 29 heavy (non-hydrogen) atoms. The lowest BCUT2D eigenvalue weighted by Gasteiger charge is -2.35. The summed E-state index contributed by atoms with van der Waals surface area (Å²) in [5.74, 6) is 0.433. The second-order valence-corrected chi connectivity index (χ2v) is 7.82. The van der Waals surface area contributed by atoms with E-state index in [0.717, 1.165) is 44.9 Å². The van der Waals surface area contributed by atoms with E-state index < -0.39 is 6.04 Å². The number of esters is 1. The van der Waals surface area contributed by atoms with Crippen LogP contribution in [0, 0.1) is 12.8 Å². The van der Waals surface area contributed by atoms with Crippen LogP contribution in [0.2, 0.25) is 0 Å². The van der Waals surface area contributed by atoms with Crippen LogP contribution < -0.4 is 10.1 Å². The van der Waals surface area contributed by atoms with Gasteiger partial charge < -0.3 is 14.8 Å². The highest BCUT2D eigenvalue weighted by atomic mass is 16.5. The van der Waals surface area contributed by atoms with Gasteiger partial charge in [-0.05, 0) is 18.9 Å². The standard InChI is InChI=1S/C22H35N3O4/c1-6-17(3)21(22(27)29-5)23-20(26)15-25-11-9-24(10-12-25)14-18-13-16(2)7-8-19(18)28-4/h7-8,13,17,21H,6,9-12,14-15H2,1-5H3,(H,23,26)/t17-,21-/m0/s1. The topological polar surface area (TPSA) is 71.1 Å². The molecule has 0 spiro atoms. The summed E-state index contributed by atoms with van der Waals surface area (Å²) in [6.07, 6.45) is 0.793. The Morgan fingerprint density at radius 3 is 2.38 bits per heavy atom. The van der Waals surface area contributed by atoms with Gasteiger partial charge in [0.2, 0.25) is 5.91 Å². The van der Waals surface area contributed by atoms with E-state index in [9.17, 15) is 9.59 Å². The summed E-state index contributed by atoms with van der Waals surface area (Å²) in [5.41, 5.74) is 2.41. The molecule has 1 saturated heterocycles. The van der Waals surface area contributed by atoms with Gasteiger partial charge in [-0.3, -0.25) is 14.6 Å². The zero-order chi connectivity index (χ0) is 21.4. The van der Waals surface area contributed by atoms with Crippen LogP contribution in [-0.2, 0) is 20.9 Å². The molecule has 1 N–H and O–H groups in total. The van der Waals surface area contributed by atoms with Gasteiger partial charge in [0, 0.05) is 38.3 Å². The van der Waals surface area contributed by atoms with Gasteiger partial charge in [0.15, 0.2) is 0 Å². The van der Waals surface area contributed by atoms with E-state index in [0.29, 0.717) is 6.54 Å². The number of benzene rings is 1. The number of methoxy groups -OCH3 is 2. The monoisotopic (exact) mass is 405 g/mol. The molecule has 1 aromatic carbocycles. The van der Waals surface area contributed by atoms with E-state index in [2.05, 4.69) is 34.2 Å². The summed E-state index contributed by atoms with van der Waals surface area (Å²) in [5, 5.41) is 2.85. The van der Waals surface area contributed by atoms with Crippen LogP contribution in [0.3, 0.4) is 0 Å². The minimum atomic E-state index is -0.590. The van der Waals surface area contributed by atoms with E-state index in [1.165, 1.54) is 18.2 Å². The van der Waals surface area contributed by atoms with Crippen molar-refractivity contribution >= 4 is 11.9 Å². The Morgan fingerprint density at radius 1 is 1.14 bits per heavy atom. The third-order valence-corrected chi connectivity index (χ3v) is 5.65. The number of ether oxygens (including phenoxy) is 2. The van der Waals surface area contributed by atoms with Gasteiger partial charge in [-0.2, -0.15) is 0 Å². The number of aryl methyl sites for hydroxylation is 1. The molecule has 0 bridgehead atoms. The lowest BCUT2D eigenvalue weighted by Crippen LogP contribution is -2.52. The van der Waals surface area contributed by atoms with Crippen LogP contribution in [0.4, 0.5) is 0 Å². The molecule has 1 heterocycles. The molecule has 0 saturated carbocycles. The number of rotatable bonds is 9. The van der Waals surface area contributed by atoms with Crippen molar-refractivity contribution in [3.05, 3.63) is 29.3 Å². The van der Waals surface area contributed by atoms with Crippen molar-refractivity contribution < 1.29 is 19.1 Å². The number of carbonyl (C=O) groups excluding carboxylic acids is 2. The first-order valence-electron chi connectivity index (χ1n) is 10.3. The first-order valence-corrected chi connectivity index (χ1v) is 10.3. The minimum Gasteiger partial charge on any atom is -0.496 e. The van der Waals surface area contributed by atoms with E-state index in [1.54, 1.807) is 7.11 Å². The van der Waals surface area contributed by atoms with Crippen molar-refractivity contribution in [2.45, 2.75) is 39.8 Å². The van der Waals surface area contributed by atoms with E-state index in [-0.39, 0.29) is 17.8 Å². The predicted molar refractivity (Wildman–Crippen MR) is 113 cm³/mol. The number of hydrogen-bond acceptors (Lipinski definition) is 6. The smallest absolute Gasteiger partial charge is 0.328 e. The summed E-state index contributed by atoms with van der Waals surface area (Å²) in [4.78, 5) is 28.9. The summed E-state index contributed by atoms with van der Waals surface area (Å²) in [6.45, 7) is 10.6. The van der Waals surface area contributed by atoms with Gasteiger partial charge >= 0.3 is 5.97 Å². The first-order chi connectivity index (χ1) is 13.9. The fourth-order valence-electron chi connectivity index (χ4n) is 3.60.